The van der Waals surface area contributed by atoms with Gasteiger partial charge in [-0.2, -0.15) is 0 Å². The summed E-state index contributed by atoms with van der Waals surface area (Å²) < 4.78 is 5.25. The van der Waals surface area contributed by atoms with Crippen LogP contribution in [0.1, 0.15) is 12.8 Å². The SMILES string of the molecule is O=C(CCCN1CCN(CCO)CC1)N1CCOCC1. The molecule has 0 aliphatic carbocycles. The number of hydrogen-bond acceptors (Lipinski definition) is 5. The molecule has 6 nitrogen and oxygen atoms in total. The van der Waals surface area contributed by atoms with Crippen molar-refractivity contribution in [3.63, 3.8) is 0 Å². The van der Waals surface area contributed by atoms with Crippen LogP contribution in [0.3, 0.4) is 0 Å². The Balaban J connectivity index is 1.56. The molecule has 2 saturated heterocycles. The fraction of sp³-hybridized carbons (Fsp3) is 0.929. The number of amides is 1. The molecule has 0 aromatic carbocycles. The van der Waals surface area contributed by atoms with Crippen molar-refractivity contribution in [2.45, 2.75) is 12.8 Å². The van der Waals surface area contributed by atoms with Gasteiger partial charge in [-0.3, -0.25) is 9.69 Å². The molecule has 0 aromatic rings. The zero-order valence-electron chi connectivity index (χ0n) is 12.3. The second-order valence-corrected chi connectivity index (χ2v) is 5.50. The van der Waals surface area contributed by atoms with Gasteiger partial charge in [0, 0.05) is 52.2 Å². The van der Waals surface area contributed by atoms with Crippen LogP contribution < -0.4 is 0 Å². The maximum atomic E-state index is 12.0. The van der Waals surface area contributed by atoms with E-state index < -0.39 is 0 Å². The molecule has 0 aromatic heterocycles. The maximum absolute atomic E-state index is 12.0. The van der Waals surface area contributed by atoms with Crippen LogP contribution in [0.4, 0.5) is 0 Å². The largest absolute Gasteiger partial charge is 0.395 e. The average molecular weight is 285 g/mol. The molecule has 0 unspecified atom stereocenters. The van der Waals surface area contributed by atoms with E-state index in [9.17, 15) is 4.79 Å². The number of rotatable bonds is 6. The van der Waals surface area contributed by atoms with Gasteiger partial charge in [0.2, 0.25) is 5.91 Å². The summed E-state index contributed by atoms with van der Waals surface area (Å²) in [5, 5.41) is 8.90. The predicted octanol–water partition coefficient (Wildman–Crippen LogP) is -0.765. The van der Waals surface area contributed by atoms with E-state index in [1.165, 1.54) is 0 Å². The zero-order chi connectivity index (χ0) is 14.2. The van der Waals surface area contributed by atoms with Crippen molar-refractivity contribution in [3.05, 3.63) is 0 Å². The second kappa shape index (κ2) is 8.56. The van der Waals surface area contributed by atoms with E-state index >= 15 is 0 Å². The Bertz CT molecular complexity index is 287. The summed E-state index contributed by atoms with van der Waals surface area (Å²) in [5.74, 6) is 0.271. The summed E-state index contributed by atoms with van der Waals surface area (Å²) in [6, 6.07) is 0. The van der Waals surface area contributed by atoms with Gasteiger partial charge < -0.3 is 19.6 Å². The molecule has 0 spiro atoms. The van der Waals surface area contributed by atoms with Crippen LogP contribution in [-0.4, -0.2) is 97.9 Å². The molecule has 2 aliphatic heterocycles. The third kappa shape index (κ3) is 5.01. The number of ether oxygens (including phenoxy) is 1. The molecule has 2 aliphatic rings. The van der Waals surface area contributed by atoms with Gasteiger partial charge in [-0.15, -0.1) is 0 Å². The average Bonchev–Trinajstić information content (AvgIpc) is 2.50. The molecular weight excluding hydrogens is 258 g/mol. The van der Waals surface area contributed by atoms with Gasteiger partial charge in [0.1, 0.15) is 0 Å². The van der Waals surface area contributed by atoms with Crippen LogP contribution in [0.25, 0.3) is 0 Å². The Hall–Kier alpha value is -0.690. The van der Waals surface area contributed by atoms with Gasteiger partial charge in [0.05, 0.1) is 19.8 Å². The first-order valence-corrected chi connectivity index (χ1v) is 7.70. The fourth-order valence-electron chi connectivity index (χ4n) is 2.80. The van der Waals surface area contributed by atoms with Crippen molar-refractivity contribution < 1.29 is 14.6 Å². The number of morpholine rings is 1. The van der Waals surface area contributed by atoms with E-state index in [4.69, 9.17) is 9.84 Å². The van der Waals surface area contributed by atoms with Crippen molar-refractivity contribution in [1.29, 1.82) is 0 Å². The molecule has 0 atom stereocenters. The summed E-state index contributed by atoms with van der Waals surface area (Å²) >= 11 is 0. The number of aliphatic hydroxyl groups excluding tert-OH is 1. The number of piperazine rings is 1. The quantitative estimate of drug-likeness (QED) is 0.695. The number of aliphatic hydroxyl groups is 1. The third-order valence-corrected chi connectivity index (χ3v) is 4.11. The number of hydrogen-bond donors (Lipinski definition) is 1. The molecule has 0 bridgehead atoms. The highest BCUT2D eigenvalue weighted by atomic mass is 16.5. The summed E-state index contributed by atoms with van der Waals surface area (Å²) in [5.41, 5.74) is 0. The molecule has 2 rings (SSSR count). The Labute approximate surface area is 121 Å². The smallest absolute Gasteiger partial charge is 0.222 e. The highest BCUT2D eigenvalue weighted by Crippen LogP contribution is 2.06. The van der Waals surface area contributed by atoms with Gasteiger partial charge in [0.15, 0.2) is 0 Å². The lowest BCUT2D eigenvalue weighted by molar-refractivity contribution is -0.135. The van der Waals surface area contributed by atoms with Crippen molar-refractivity contribution in [2.24, 2.45) is 0 Å². The number of carbonyl (C=O) groups is 1. The molecule has 2 heterocycles. The molecule has 2 fully saturated rings. The lowest BCUT2D eigenvalue weighted by Gasteiger charge is -2.34. The highest BCUT2D eigenvalue weighted by Gasteiger charge is 2.18. The standard InChI is InChI=1S/C14H27N3O3/c18-11-8-16-6-4-15(5-7-16)3-1-2-14(19)17-9-12-20-13-10-17/h18H,1-13H2. The second-order valence-electron chi connectivity index (χ2n) is 5.50. The van der Waals surface area contributed by atoms with Crippen molar-refractivity contribution in [1.82, 2.24) is 14.7 Å². The molecule has 116 valence electrons. The highest BCUT2D eigenvalue weighted by molar-refractivity contribution is 5.76. The molecule has 0 radical (unpaired) electrons. The maximum Gasteiger partial charge on any atom is 0.222 e. The van der Waals surface area contributed by atoms with Crippen molar-refractivity contribution in [2.75, 3.05) is 72.2 Å². The molecular formula is C14H27N3O3. The van der Waals surface area contributed by atoms with Crippen LogP contribution >= 0.6 is 0 Å². The molecule has 1 amide bonds. The Kier molecular flexibility index (Phi) is 6.72. The van der Waals surface area contributed by atoms with E-state index in [1.54, 1.807) is 0 Å². The molecule has 1 N–H and O–H groups in total. The van der Waals surface area contributed by atoms with Crippen LogP contribution in [0.15, 0.2) is 0 Å². The first-order chi connectivity index (χ1) is 9.79. The number of nitrogens with zero attached hydrogens (tertiary/aromatic N) is 3. The van der Waals surface area contributed by atoms with Gasteiger partial charge in [-0.1, -0.05) is 0 Å². The zero-order valence-corrected chi connectivity index (χ0v) is 12.3. The summed E-state index contributed by atoms with van der Waals surface area (Å²) in [7, 11) is 0. The number of β-amino-alcohol motifs (C(OH)–C–C–N with tert-alkyl or cyclic N) is 1. The third-order valence-electron chi connectivity index (χ3n) is 4.11. The normalized spacial score (nSPS) is 22.1. The van der Waals surface area contributed by atoms with Crippen LogP contribution in [0.5, 0.6) is 0 Å². The lowest BCUT2D eigenvalue weighted by atomic mass is 10.2. The van der Waals surface area contributed by atoms with Crippen LogP contribution in [0, 0.1) is 0 Å². The van der Waals surface area contributed by atoms with E-state index in [0.717, 1.165) is 58.8 Å². The minimum Gasteiger partial charge on any atom is -0.395 e. The van der Waals surface area contributed by atoms with Gasteiger partial charge in [-0.25, -0.2) is 0 Å². The first-order valence-electron chi connectivity index (χ1n) is 7.70. The minimum atomic E-state index is 0.244. The molecule has 6 heteroatoms. The van der Waals surface area contributed by atoms with E-state index in [0.29, 0.717) is 19.6 Å². The van der Waals surface area contributed by atoms with Gasteiger partial charge in [-0.05, 0) is 13.0 Å². The topological polar surface area (TPSA) is 56.2 Å². The Morgan fingerprint density at radius 1 is 0.950 bits per heavy atom. The first kappa shape index (κ1) is 15.7. The van der Waals surface area contributed by atoms with E-state index in [1.807, 2.05) is 4.90 Å². The van der Waals surface area contributed by atoms with Crippen LogP contribution in [-0.2, 0) is 9.53 Å². The Morgan fingerprint density at radius 2 is 1.55 bits per heavy atom. The van der Waals surface area contributed by atoms with Crippen molar-refractivity contribution >= 4 is 5.91 Å². The summed E-state index contributed by atoms with van der Waals surface area (Å²) in [6.45, 7) is 9.03. The van der Waals surface area contributed by atoms with Gasteiger partial charge >= 0.3 is 0 Å². The summed E-state index contributed by atoms with van der Waals surface area (Å²) in [6.07, 6.45) is 1.59. The monoisotopic (exact) mass is 285 g/mol. The molecule has 0 saturated carbocycles. The van der Waals surface area contributed by atoms with E-state index in [-0.39, 0.29) is 12.5 Å². The number of carbonyl (C=O) groups excluding carboxylic acids is 1. The minimum absolute atomic E-state index is 0.244. The molecule has 20 heavy (non-hydrogen) atoms. The Morgan fingerprint density at radius 3 is 2.15 bits per heavy atom. The lowest BCUT2D eigenvalue weighted by Crippen LogP contribution is -2.47. The fourth-order valence-corrected chi connectivity index (χ4v) is 2.80. The summed E-state index contributed by atoms with van der Waals surface area (Å²) in [4.78, 5) is 18.6. The van der Waals surface area contributed by atoms with Crippen LogP contribution in [0.2, 0.25) is 0 Å². The van der Waals surface area contributed by atoms with E-state index in [2.05, 4.69) is 9.80 Å². The van der Waals surface area contributed by atoms with Crippen molar-refractivity contribution in [3.8, 4) is 0 Å². The predicted molar refractivity (Wildman–Crippen MR) is 76.6 cm³/mol. The van der Waals surface area contributed by atoms with Gasteiger partial charge in [0.25, 0.3) is 0 Å².